The number of nitrogens with two attached hydrogens (primary N) is 1. The number of hydrogen-bond acceptors (Lipinski definition) is 2. The second-order valence-electron chi connectivity index (χ2n) is 4.25. The summed E-state index contributed by atoms with van der Waals surface area (Å²) < 4.78 is 13.6. The highest BCUT2D eigenvalue weighted by Gasteiger charge is 2.25. The van der Waals surface area contributed by atoms with Gasteiger partial charge in [-0.25, -0.2) is 4.39 Å². The van der Waals surface area contributed by atoms with Crippen LogP contribution in [-0.4, -0.2) is 29.9 Å². The SMILES string of the molecule is NC1CCCN(C(=O)c2c(F)cccc2Cl)C1. The molecule has 1 atom stereocenters. The molecule has 1 aromatic carbocycles. The van der Waals surface area contributed by atoms with E-state index in [4.69, 9.17) is 17.3 Å². The van der Waals surface area contributed by atoms with E-state index in [-0.39, 0.29) is 22.5 Å². The molecule has 1 unspecified atom stereocenters. The lowest BCUT2D eigenvalue weighted by Gasteiger charge is -2.31. The first-order valence-electron chi connectivity index (χ1n) is 5.58. The zero-order valence-electron chi connectivity index (χ0n) is 9.33. The molecule has 1 aromatic rings. The Morgan fingerprint density at radius 3 is 2.94 bits per heavy atom. The number of carbonyl (C=O) groups is 1. The summed E-state index contributed by atoms with van der Waals surface area (Å²) in [6, 6.07) is 4.21. The second kappa shape index (κ2) is 5.02. The molecule has 17 heavy (non-hydrogen) atoms. The average molecular weight is 257 g/mol. The van der Waals surface area contributed by atoms with Crippen LogP contribution in [0.15, 0.2) is 18.2 Å². The van der Waals surface area contributed by atoms with E-state index >= 15 is 0 Å². The van der Waals surface area contributed by atoms with Crippen molar-refractivity contribution in [2.24, 2.45) is 5.73 Å². The average Bonchev–Trinajstić information content (AvgIpc) is 2.28. The minimum absolute atomic E-state index is 0.0294. The van der Waals surface area contributed by atoms with Crippen molar-refractivity contribution in [3.63, 3.8) is 0 Å². The van der Waals surface area contributed by atoms with Crippen LogP contribution in [0.3, 0.4) is 0 Å². The summed E-state index contributed by atoms with van der Waals surface area (Å²) in [5.41, 5.74) is 5.74. The van der Waals surface area contributed by atoms with Gasteiger partial charge in [0, 0.05) is 19.1 Å². The second-order valence-corrected chi connectivity index (χ2v) is 4.66. The normalized spacial score (nSPS) is 20.4. The first-order chi connectivity index (χ1) is 8.09. The number of nitrogens with zero attached hydrogens (tertiary/aromatic N) is 1. The van der Waals surface area contributed by atoms with Crippen molar-refractivity contribution in [3.05, 3.63) is 34.6 Å². The van der Waals surface area contributed by atoms with Gasteiger partial charge in [0.2, 0.25) is 0 Å². The Balaban J connectivity index is 2.24. The highest BCUT2D eigenvalue weighted by Crippen LogP contribution is 2.22. The number of likely N-dealkylation sites (tertiary alicyclic amines) is 1. The Morgan fingerprint density at radius 2 is 2.29 bits per heavy atom. The lowest BCUT2D eigenvalue weighted by molar-refractivity contribution is 0.0704. The molecule has 1 amide bonds. The fourth-order valence-corrected chi connectivity index (χ4v) is 2.30. The predicted molar refractivity (Wildman–Crippen MR) is 64.5 cm³/mol. The number of carbonyl (C=O) groups excluding carboxylic acids is 1. The van der Waals surface area contributed by atoms with Gasteiger partial charge < -0.3 is 10.6 Å². The van der Waals surface area contributed by atoms with E-state index in [1.165, 1.54) is 18.2 Å². The standard InChI is InChI=1S/C12H14ClFN2O/c13-9-4-1-5-10(14)11(9)12(17)16-6-2-3-8(15)7-16/h1,4-5,8H,2-3,6-7,15H2. The van der Waals surface area contributed by atoms with Crippen LogP contribution in [0, 0.1) is 5.82 Å². The van der Waals surface area contributed by atoms with E-state index < -0.39 is 5.82 Å². The third-order valence-electron chi connectivity index (χ3n) is 2.92. The van der Waals surface area contributed by atoms with Gasteiger partial charge in [-0.1, -0.05) is 17.7 Å². The van der Waals surface area contributed by atoms with E-state index in [0.29, 0.717) is 13.1 Å². The summed E-state index contributed by atoms with van der Waals surface area (Å²) in [5, 5.41) is 0.147. The van der Waals surface area contributed by atoms with Crippen molar-refractivity contribution >= 4 is 17.5 Å². The molecule has 2 rings (SSSR count). The summed E-state index contributed by atoms with van der Waals surface area (Å²) in [5.74, 6) is -0.954. The minimum atomic E-state index is -0.582. The Morgan fingerprint density at radius 1 is 1.53 bits per heavy atom. The zero-order chi connectivity index (χ0) is 12.4. The van der Waals surface area contributed by atoms with E-state index in [1.807, 2.05) is 0 Å². The number of amides is 1. The topological polar surface area (TPSA) is 46.3 Å². The van der Waals surface area contributed by atoms with Gasteiger partial charge in [-0.3, -0.25) is 4.79 Å². The predicted octanol–water partition coefficient (Wildman–Crippen LogP) is 2.04. The highest BCUT2D eigenvalue weighted by molar-refractivity contribution is 6.33. The lowest BCUT2D eigenvalue weighted by Crippen LogP contribution is -2.46. The largest absolute Gasteiger partial charge is 0.337 e. The van der Waals surface area contributed by atoms with Gasteiger partial charge in [-0.2, -0.15) is 0 Å². The van der Waals surface area contributed by atoms with Crippen LogP contribution < -0.4 is 5.73 Å². The molecule has 1 saturated heterocycles. The van der Waals surface area contributed by atoms with Crippen LogP contribution in [0.25, 0.3) is 0 Å². The molecule has 0 radical (unpaired) electrons. The van der Waals surface area contributed by atoms with Crippen LogP contribution >= 0.6 is 11.6 Å². The molecule has 1 heterocycles. The van der Waals surface area contributed by atoms with Crippen LogP contribution in [0.5, 0.6) is 0 Å². The number of rotatable bonds is 1. The fourth-order valence-electron chi connectivity index (χ4n) is 2.05. The third kappa shape index (κ3) is 2.58. The molecule has 0 saturated carbocycles. The number of hydrogen-bond donors (Lipinski definition) is 1. The highest BCUT2D eigenvalue weighted by atomic mass is 35.5. The van der Waals surface area contributed by atoms with Gasteiger partial charge in [0.15, 0.2) is 0 Å². The molecule has 5 heteroatoms. The van der Waals surface area contributed by atoms with Crippen LogP contribution in [-0.2, 0) is 0 Å². The van der Waals surface area contributed by atoms with E-state index in [9.17, 15) is 9.18 Å². The first-order valence-corrected chi connectivity index (χ1v) is 5.96. The maximum Gasteiger partial charge on any atom is 0.258 e. The van der Waals surface area contributed by atoms with Crippen molar-refractivity contribution in [2.45, 2.75) is 18.9 Å². The smallest absolute Gasteiger partial charge is 0.258 e. The molecular formula is C12H14ClFN2O. The molecule has 1 fully saturated rings. The fraction of sp³-hybridized carbons (Fsp3) is 0.417. The molecule has 3 nitrogen and oxygen atoms in total. The van der Waals surface area contributed by atoms with Gasteiger partial charge in [0.25, 0.3) is 5.91 Å². The number of benzene rings is 1. The molecular weight excluding hydrogens is 243 g/mol. The summed E-state index contributed by atoms with van der Waals surface area (Å²) in [4.78, 5) is 13.7. The summed E-state index contributed by atoms with van der Waals surface area (Å²) >= 11 is 5.86. The lowest BCUT2D eigenvalue weighted by atomic mass is 10.1. The molecule has 0 bridgehead atoms. The molecule has 0 aromatic heterocycles. The summed E-state index contributed by atoms with van der Waals surface area (Å²) in [7, 11) is 0. The quantitative estimate of drug-likeness (QED) is 0.836. The summed E-state index contributed by atoms with van der Waals surface area (Å²) in [6.07, 6.45) is 1.74. The van der Waals surface area contributed by atoms with Gasteiger partial charge in [-0.05, 0) is 25.0 Å². The van der Waals surface area contributed by atoms with Crippen LogP contribution in [0.1, 0.15) is 23.2 Å². The van der Waals surface area contributed by atoms with Crippen molar-refractivity contribution < 1.29 is 9.18 Å². The van der Waals surface area contributed by atoms with Gasteiger partial charge in [-0.15, -0.1) is 0 Å². The molecule has 0 aliphatic carbocycles. The van der Waals surface area contributed by atoms with E-state index in [2.05, 4.69) is 0 Å². The van der Waals surface area contributed by atoms with Crippen LogP contribution in [0.2, 0.25) is 5.02 Å². The Hall–Kier alpha value is -1.13. The van der Waals surface area contributed by atoms with Crippen molar-refractivity contribution in [1.82, 2.24) is 4.90 Å². The van der Waals surface area contributed by atoms with Gasteiger partial charge >= 0.3 is 0 Å². The zero-order valence-corrected chi connectivity index (χ0v) is 10.1. The first kappa shape index (κ1) is 12.3. The Kier molecular flexibility index (Phi) is 3.64. The third-order valence-corrected chi connectivity index (χ3v) is 3.24. The molecule has 92 valence electrons. The molecule has 0 spiro atoms. The Bertz CT molecular complexity index is 418. The minimum Gasteiger partial charge on any atom is -0.337 e. The maximum atomic E-state index is 13.6. The van der Waals surface area contributed by atoms with Gasteiger partial charge in [0.1, 0.15) is 5.82 Å². The molecule has 1 aliphatic heterocycles. The Labute approximate surface area is 104 Å². The number of piperidine rings is 1. The maximum absolute atomic E-state index is 13.6. The van der Waals surface area contributed by atoms with Crippen molar-refractivity contribution in [3.8, 4) is 0 Å². The number of halogens is 2. The van der Waals surface area contributed by atoms with E-state index in [1.54, 1.807) is 4.90 Å². The molecule has 1 aliphatic rings. The van der Waals surface area contributed by atoms with Crippen molar-refractivity contribution in [2.75, 3.05) is 13.1 Å². The van der Waals surface area contributed by atoms with Gasteiger partial charge in [0.05, 0.1) is 10.6 Å². The molecule has 2 N–H and O–H groups in total. The van der Waals surface area contributed by atoms with Crippen LogP contribution in [0.4, 0.5) is 4.39 Å². The van der Waals surface area contributed by atoms with E-state index in [0.717, 1.165) is 12.8 Å². The monoisotopic (exact) mass is 256 g/mol. The summed E-state index contributed by atoms with van der Waals surface area (Å²) in [6.45, 7) is 1.07. The van der Waals surface area contributed by atoms with Crippen molar-refractivity contribution in [1.29, 1.82) is 0 Å².